The number of esters is 1. The van der Waals surface area contributed by atoms with Crippen molar-refractivity contribution in [2.75, 3.05) is 18.1 Å². The summed E-state index contributed by atoms with van der Waals surface area (Å²) in [6.07, 6.45) is 1.50. The van der Waals surface area contributed by atoms with Gasteiger partial charge in [-0.05, 0) is 26.8 Å². The maximum Gasteiger partial charge on any atom is 0.325 e. The first-order chi connectivity index (χ1) is 9.01. The van der Waals surface area contributed by atoms with E-state index in [9.17, 15) is 4.79 Å². The minimum Gasteiger partial charge on any atom is -0.465 e. The number of halogens is 1. The van der Waals surface area contributed by atoms with Crippen LogP contribution in [-0.2, 0) is 9.53 Å². The molecule has 0 saturated carbocycles. The molecule has 102 valence electrons. The topological polar surface area (TPSA) is 66.2 Å². The van der Waals surface area contributed by atoms with E-state index in [-0.39, 0.29) is 23.6 Å². The number of hydrogen-bond acceptors (Lipinski definition) is 5. The number of nitriles is 1. The Labute approximate surface area is 117 Å². The summed E-state index contributed by atoms with van der Waals surface area (Å²) in [7, 11) is 0. The summed E-state index contributed by atoms with van der Waals surface area (Å²) in [6.45, 7) is 5.95. The zero-order valence-electron chi connectivity index (χ0n) is 11.2. The first-order valence-electron chi connectivity index (χ1n) is 5.98. The summed E-state index contributed by atoms with van der Waals surface area (Å²) in [6, 6.07) is 3.53. The molecule has 0 aromatic carbocycles. The van der Waals surface area contributed by atoms with Gasteiger partial charge in [-0.1, -0.05) is 11.6 Å². The van der Waals surface area contributed by atoms with Crippen LogP contribution in [0.4, 0.5) is 5.82 Å². The summed E-state index contributed by atoms with van der Waals surface area (Å²) in [5.41, 5.74) is 0.334. The molecule has 5 nitrogen and oxygen atoms in total. The molecule has 0 N–H and O–H groups in total. The van der Waals surface area contributed by atoms with Crippen molar-refractivity contribution >= 4 is 23.4 Å². The quantitative estimate of drug-likeness (QED) is 0.775. The van der Waals surface area contributed by atoms with Crippen molar-refractivity contribution in [3.8, 4) is 6.07 Å². The molecule has 1 heterocycles. The summed E-state index contributed by atoms with van der Waals surface area (Å²) < 4.78 is 4.92. The van der Waals surface area contributed by atoms with Crippen LogP contribution in [0.25, 0.3) is 0 Å². The number of nitrogens with zero attached hydrogens (tertiary/aromatic N) is 3. The van der Waals surface area contributed by atoms with E-state index in [1.165, 1.54) is 12.3 Å². The Hall–Kier alpha value is -1.80. The molecule has 0 unspecified atom stereocenters. The van der Waals surface area contributed by atoms with Crippen molar-refractivity contribution in [1.82, 2.24) is 4.98 Å². The maximum absolute atomic E-state index is 11.6. The molecule has 0 spiro atoms. The average molecular weight is 282 g/mol. The van der Waals surface area contributed by atoms with E-state index in [4.69, 9.17) is 21.6 Å². The van der Waals surface area contributed by atoms with Crippen LogP contribution in [0.5, 0.6) is 0 Å². The van der Waals surface area contributed by atoms with Crippen molar-refractivity contribution in [2.45, 2.75) is 26.8 Å². The number of carbonyl (C=O) groups is 1. The predicted molar refractivity (Wildman–Crippen MR) is 73.1 cm³/mol. The largest absolute Gasteiger partial charge is 0.465 e. The van der Waals surface area contributed by atoms with Crippen LogP contribution in [0.3, 0.4) is 0 Å². The fourth-order valence-corrected chi connectivity index (χ4v) is 1.83. The fraction of sp³-hybridized carbons (Fsp3) is 0.462. The van der Waals surface area contributed by atoms with E-state index in [0.29, 0.717) is 18.0 Å². The lowest BCUT2D eigenvalue weighted by Crippen LogP contribution is -2.37. The second kappa shape index (κ2) is 6.95. The van der Waals surface area contributed by atoms with E-state index in [0.717, 1.165) is 0 Å². The number of hydrogen-bond donors (Lipinski definition) is 0. The van der Waals surface area contributed by atoms with Gasteiger partial charge in [0.25, 0.3) is 0 Å². The van der Waals surface area contributed by atoms with Gasteiger partial charge in [0.1, 0.15) is 23.5 Å². The summed E-state index contributed by atoms with van der Waals surface area (Å²) in [5, 5.41) is 9.21. The molecule has 0 fully saturated rings. The molecule has 1 aromatic rings. The zero-order chi connectivity index (χ0) is 14.4. The lowest BCUT2D eigenvalue weighted by molar-refractivity contribution is -0.141. The molecule has 0 radical (unpaired) electrons. The Morgan fingerprint density at radius 3 is 2.84 bits per heavy atom. The predicted octanol–water partition coefficient (Wildman–Crippen LogP) is 2.38. The van der Waals surface area contributed by atoms with Gasteiger partial charge in [0.15, 0.2) is 0 Å². The molecule has 6 heteroatoms. The minimum absolute atomic E-state index is 0.00310. The molecule has 0 aliphatic rings. The van der Waals surface area contributed by atoms with E-state index >= 15 is 0 Å². The van der Waals surface area contributed by atoms with Gasteiger partial charge < -0.3 is 9.64 Å². The Morgan fingerprint density at radius 1 is 1.63 bits per heavy atom. The Balaban J connectivity index is 3.07. The van der Waals surface area contributed by atoms with Crippen LogP contribution >= 0.6 is 11.6 Å². The van der Waals surface area contributed by atoms with Crippen LogP contribution in [0.15, 0.2) is 12.3 Å². The van der Waals surface area contributed by atoms with E-state index < -0.39 is 0 Å². The number of pyridine rings is 1. The smallest absolute Gasteiger partial charge is 0.325 e. The standard InChI is InChI=1S/C13H16ClN3O2/c1-4-19-11(18)8-17(9(2)3)13-12(14)10(7-15)5-6-16-13/h5-6,9H,4,8H2,1-3H3. The van der Waals surface area contributed by atoms with Crippen molar-refractivity contribution in [3.05, 3.63) is 22.8 Å². The monoisotopic (exact) mass is 281 g/mol. The lowest BCUT2D eigenvalue weighted by Gasteiger charge is -2.27. The number of anilines is 1. The van der Waals surface area contributed by atoms with Crippen LogP contribution < -0.4 is 4.90 Å². The van der Waals surface area contributed by atoms with E-state index in [1.54, 1.807) is 11.8 Å². The van der Waals surface area contributed by atoms with E-state index in [2.05, 4.69) is 4.98 Å². The lowest BCUT2D eigenvalue weighted by atomic mass is 10.2. The molecule has 0 bridgehead atoms. The molecule has 0 atom stereocenters. The third-order valence-electron chi connectivity index (χ3n) is 2.49. The highest BCUT2D eigenvalue weighted by Crippen LogP contribution is 2.27. The van der Waals surface area contributed by atoms with Gasteiger partial charge in [0.2, 0.25) is 0 Å². The van der Waals surface area contributed by atoms with Gasteiger partial charge in [-0.3, -0.25) is 4.79 Å². The molecule has 0 aliphatic heterocycles. The van der Waals surface area contributed by atoms with Crippen LogP contribution in [0.1, 0.15) is 26.3 Å². The Bertz CT molecular complexity index is 497. The van der Waals surface area contributed by atoms with Crippen molar-refractivity contribution in [1.29, 1.82) is 5.26 Å². The van der Waals surface area contributed by atoms with Gasteiger partial charge in [-0.2, -0.15) is 5.26 Å². The van der Waals surface area contributed by atoms with Gasteiger partial charge in [0.05, 0.1) is 12.2 Å². The molecule has 1 rings (SSSR count). The highest BCUT2D eigenvalue weighted by Gasteiger charge is 2.20. The van der Waals surface area contributed by atoms with Crippen molar-refractivity contribution in [3.63, 3.8) is 0 Å². The first kappa shape index (κ1) is 15.3. The Kier molecular flexibility index (Phi) is 5.58. The Morgan fingerprint density at radius 2 is 2.32 bits per heavy atom. The highest BCUT2D eigenvalue weighted by molar-refractivity contribution is 6.34. The van der Waals surface area contributed by atoms with Gasteiger partial charge in [0, 0.05) is 12.2 Å². The van der Waals surface area contributed by atoms with Crippen molar-refractivity contribution < 1.29 is 9.53 Å². The number of ether oxygens (including phenoxy) is 1. The molecule has 0 aliphatic carbocycles. The van der Waals surface area contributed by atoms with E-state index in [1.807, 2.05) is 19.9 Å². The molecule has 0 amide bonds. The summed E-state index contributed by atoms with van der Waals surface area (Å²) in [5.74, 6) is 0.0696. The zero-order valence-corrected chi connectivity index (χ0v) is 11.9. The molecule has 19 heavy (non-hydrogen) atoms. The number of rotatable bonds is 5. The highest BCUT2D eigenvalue weighted by atomic mass is 35.5. The molecular weight excluding hydrogens is 266 g/mol. The van der Waals surface area contributed by atoms with Gasteiger partial charge >= 0.3 is 5.97 Å². The first-order valence-corrected chi connectivity index (χ1v) is 6.35. The summed E-state index contributed by atoms with van der Waals surface area (Å²) in [4.78, 5) is 17.5. The normalized spacial score (nSPS) is 10.1. The second-order valence-electron chi connectivity index (χ2n) is 4.13. The third kappa shape index (κ3) is 3.83. The number of aromatic nitrogens is 1. The van der Waals surface area contributed by atoms with Gasteiger partial charge in [-0.15, -0.1) is 0 Å². The average Bonchev–Trinajstić information content (AvgIpc) is 2.37. The summed E-state index contributed by atoms with van der Waals surface area (Å²) >= 11 is 6.13. The molecule has 1 aromatic heterocycles. The van der Waals surface area contributed by atoms with Crippen LogP contribution in [0, 0.1) is 11.3 Å². The third-order valence-corrected chi connectivity index (χ3v) is 2.86. The number of carbonyl (C=O) groups excluding carboxylic acids is 1. The fourth-order valence-electron chi connectivity index (χ4n) is 1.57. The van der Waals surface area contributed by atoms with Crippen LogP contribution in [-0.4, -0.2) is 30.1 Å². The molecular formula is C13H16ClN3O2. The minimum atomic E-state index is -0.351. The maximum atomic E-state index is 11.6. The van der Waals surface area contributed by atoms with Crippen LogP contribution in [0.2, 0.25) is 5.02 Å². The van der Waals surface area contributed by atoms with Gasteiger partial charge in [-0.25, -0.2) is 4.98 Å². The van der Waals surface area contributed by atoms with Crippen molar-refractivity contribution in [2.24, 2.45) is 0 Å². The molecule has 0 saturated heterocycles. The second-order valence-corrected chi connectivity index (χ2v) is 4.51. The SMILES string of the molecule is CCOC(=O)CN(c1nccc(C#N)c1Cl)C(C)C.